The molecule has 5 nitrogen and oxygen atoms in total. The minimum Gasteiger partial charge on any atom is -0.342 e. The van der Waals surface area contributed by atoms with Crippen molar-refractivity contribution in [2.45, 2.75) is 13.0 Å². The van der Waals surface area contributed by atoms with Gasteiger partial charge in [-0.3, -0.25) is 4.79 Å². The lowest BCUT2D eigenvalue weighted by molar-refractivity contribution is 0.0938. The van der Waals surface area contributed by atoms with E-state index in [0.29, 0.717) is 17.0 Å². The SMILES string of the molecule is C[C@H](NC(=O)c1cccc(C#N)c1)c1ncc(-c2ccccc2)[nH]1. The third-order valence-electron chi connectivity index (χ3n) is 3.69. The molecule has 1 amide bonds. The molecular formula is C19H16N4O. The zero-order valence-electron chi connectivity index (χ0n) is 13.2. The highest BCUT2D eigenvalue weighted by Gasteiger charge is 2.15. The van der Waals surface area contributed by atoms with E-state index in [2.05, 4.69) is 15.3 Å². The fourth-order valence-electron chi connectivity index (χ4n) is 2.40. The molecule has 0 aliphatic carbocycles. The minimum atomic E-state index is -0.277. The van der Waals surface area contributed by atoms with Gasteiger partial charge in [0.1, 0.15) is 5.82 Å². The van der Waals surface area contributed by atoms with Crippen molar-refractivity contribution in [2.75, 3.05) is 0 Å². The summed E-state index contributed by atoms with van der Waals surface area (Å²) in [4.78, 5) is 19.9. The van der Waals surface area contributed by atoms with E-state index < -0.39 is 0 Å². The van der Waals surface area contributed by atoms with Crippen molar-refractivity contribution < 1.29 is 4.79 Å². The van der Waals surface area contributed by atoms with Crippen molar-refractivity contribution in [3.05, 3.63) is 77.7 Å². The zero-order valence-corrected chi connectivity index (χ0v) is 13.2. The lowest BCUT2D eigenvalue weighted by Gasteiger charge is -2.11. The van der Waals surface area contributed by atoms with Gasteiger partial charge >= 0.3 is 0 Å². The van der Waals surface area contributed by atoms with E-state index in [9.17, 15) is 4.79 Å². The number of hydrogen-bond acceptors (Lipinski definition) is 3. The molecule has 0 fully saturated rings. The van der Waals surface area contributed by atoms with Crippen molar-refractivity contribution in [2.24, 2.45) is 0 Å². The zero-order chi connectivity index (χ0) is 16.9. The Morgan fingerprint density at radius 2 is 2.00 bits per heavy atom. The molecule has 2 aromatic carbocycles. The third kappa shape index (κ3) is 3.33. The van der Waals surface area contributed by atoms with Gasteiger partial charge in [-0.1, -0.05) is 36.4 Å². The maximum absolute atomic E-state index is 12.3. The van der Waals surface area contributed by atoms with E-state index in [-0.39, 0.29) is 11.9 Å². The highest BCUT2D eigenvalue weighted by atomic mass is 16.1. The number of nitrogens with zero attached hydrogens (tertiary/aromatic N) is 2. The van der Waals surface area contributed by atoms with Crippen LogP contribution in [0.5, 0.6) is 0 Å². The molecule has 0 aliphatic heterocycles. The van der Waals surface area contributed by atoms with Crippen LogP contribution in [-0.4, -0.2) is 15.9 Å². The van der Waals surface area contributed by atoms with Gasteiger partial charge < -0.3 is 10.3 Å². The molecule has 1 aromatic heterocycles. The second-order valence-corrected chi connectivity index (χ2v) is 5.44. The summed E-state index contributed by atoms with van der Waals surface area (Å²) in [6.45, 7) is 1.86. The van der Waals surface area contributed by atoms with Crippen LogP contribution in [0.2, 0.25) is 0 Å². The average Bonchev–Trinajstić information content (AvgIpc) is 3.13. The number of nitrogens with one attached hydrogen (secondary N) is 2. The van der Waals surface area contributed by atoms with Crippen LogP contribution in [0, 0.1) is 11.3 Å². The van der Waals surface area contributed by atoms with Gasteiger partial charge in [-0.15, -0.1) is 0 Å². The van der Waals surface area contributed by atoms with E-state index in [1.54, 1.807) is 30.5 Å². The van der Waals surface area contributed by atoms with E-state index in [1.807, 2.05) is 43.3 Å². The van der Waals surface area contributed by atoms with Crippen LogP contribution in [-0.2, 0) is 0 Å². The molecule has 118 valence electrons. The molecule has 0 spiro atoms. The van der Waals surface area contributed by atoms with Crippen LogP contribution in [0.4, 0.5) is 0 Å². The molecule has 3 aromatic rings. The third-order valence-corrected chi connectivity index (χ3v) is 3.69. The van der Waals surface area contributed by atoms with Crippen molar-refractivity contribution in [3.8, 4) is 17.3 Å². The number of H-pyrrole nitrogens is 1. The average molecular weight is 316 g/mol. The first-order valence-corrected chi connectivity index (χ1v) is 7.58. The van der Waals surface area contributed by atoms with E-state index in [1.165, 1.54) is 0 Å². The molecule has 0 saturated carbocycles. The monoisotopic (exact) mass is 316 g/mol. The molecule has 5 heteroatoms. The highest BCUT2D eigenvalue weighted by Crippen LogP contribution is 2.19. The molecule has 24 heavy (non-hydrogen) atoms. The number of carbonyl (C=O) groups excluding carboxylic acids is 1. The fraction of sp³-hybridized carbons (Fsp3) is 0.105. The molecule has 0 radical (unpaired) electrons. The number of nitriles is 1. The number of benzene rings is 2. The van der Waals surface area contributed by atoms with Crippen molar-refractivity contribution in [1.29, 1.82) is 5.26 Å². The molecule has 0 bridgehead atoms. The Labute approximate surface area is 140 Å². The Hall–Kier alpha value is -3.39. The molecule has 1 heterocycles. The predicted octanol–water partition coefficient (Wildman–Crippen LogP) is 3.44. The largest absolute Gasteiger partial charge is 0.342 e. The number of hydrogen-bond donors (Lipinski definition) is 2. The summed E-state index contributed by atoms with van der Waals surface area (Å²) in [6.07, 6.45) is 1.75. The number of carbonyl (C=O) groups is 1. The van der Waals surface area contributed by atoms with Crippen molar-refractivity contribution >= 4 is 5.91 Å². The lowest BCUT2D eigenvalue weighted by Crippen LogP contribution is -2.27. The number of aromatic amines is 1. The first-order valence-electron chi connectivity index (χ1n) is 7.58. The van der Waals surface area contributed by atoms with Crippen LogP contribution in [0.1, 0.15) is 34.7 Å². The molecule has 0 unspecified atom stereocenters. The minimum absolute atomic E-state index is 0.239. The Morgan fingerprint density at radius 3 is 2.75 bits per heavy atom. The van der Waals surface area contributed by atoms with Gasteiger partial charge in [0.05, 0.1) is 29.6 Å². The smallest absolute Gasteiger partial charge is 0.251 e. The maximum atomic E-state index is 12.3. The topological polar surface area (TPSA) is 81.6 Å². The van der Waals surface area contributed by atoms with E-state index in [4.69, 9.17) is 5.26 Å². The molecule has 2 N–H and O–H groups in total. The molecule has 0 aliphatic rings. The van der Waals surface area contributed by atoms with E-state index >= 15 is 0 Å². The summed E-state index contributed by atoms with van der Waals surface area (Å²) in [5.74, 6) is 0.441. The maximum Gasteiger partial charge on any atom is 0.251 e. The summed E-state index contributed by atoms with van der Waals surface area (Å²) >= 11 is 0. The second kappa shape index (κ2) is 6.80. The van der Waals surface area contributed by atoms with Crippen molar-refractivity contribution in [3.63, 3.8) is 0 Å². The van der Waals surface area contributed by atoms with Gasteiger partial charge in [-0.05, 0) is 30.7 Å². The normalized spacial score (nSPS) is 11.5. The van der Waals surface area contributed by atoms with Crippen LogP contribution in [0.15, 0.2) is 60.8 Å². The summed E-state index contributed by atoms with van der Waals surface area (Å²) in [5, 5.41) is 11.8. The predicted molar refractivity (Wildman–Crippen MR) is 91.1 cm³/mol. The van der Waals surface area contributed by atoms with Crippen molar-refractivity contribution in [1.82, 2.24) is 15.3 Å². The first kappa shape index (κ1) is 15.5. The van der Waals surface area contributed by atoms with Crippen LogP contribution >= 0.6 is 0 Å². The first-order chi connectivity index (χ1) is 11.7. The standard InChI is InChI=1S/C19H16N4O/c1-13(22-19(24)16-9-5-6-14(10-16)11-20)18-21-12-17(23-18)15-7-3-2-4-8-15/h2-10,12-13H,1H3,(H,21,23)(H,22,24)/t13-/m0/s1. The fourth-order valence-corrected chi connectivity index (χ4v) is 2.40. The Balaban J connectivity index is 1.73. The Morgan fingerprint density at radius 1 is 1.21 bits per heavy atom. The van der Waals surface area contributed by atoms with Crippen LogP contribution < -0.4 is 5.32 Å². The molecular weight excluding hydrogens is 300 g/mol. The molecule has 0 saturated heterocycles. The van der Waals surface area contributed by atoms with Gasteiger partial charge in [0, 0.05) is 5.56 Å². The van der Waals surface area contributed by atoms with Crippen LogP contribution in [0.25, 0.3) is 11.3 Å². The van der Waals surface area contributed by atoms with Gasteiger partial charge in [0.2, 0.25) is 0 Å². The lowest BCUT2D eigenvalue weighted by atomic mass is 10.1. The summed E-state index contributed by atoms with van der Waals surface area (Å²) in [6, 6.07) is 18.2. The summed E-state index contributed by atoms with van der Waals surface area (Å²) in [7, 11) is 0. The van der Waals surface area contributed by atoms with Crippen LogP contribution in [0.3, 0.4) is 0 Å². The number of amides is 1. The Bertz CT molecular complexity index is 893. The second-order valence-electron chi connectivity index (χ2n) is 5.44. The van der Waals surface area contributed by atoms with Gasteiger partial charge in [-0.25, -0.2) is 4.98 Å². The molecule has 1 atom stereocenters. The Kier molecular flexibility index (Phi) is 4.39. The summed E-state index contributed by atoms with van der Waals surface area (Å²) < 4.78 is 0. The van der Waals surface area contributed by atoms with Gasteiger partial charge in [0.25, 0.3) is 5.91 Å². The molecule has 3 rings (SSSR count). The highest BCUT2D eigenvalue weighted by molar-refractivity contribution is 5.94. The van der Waals surface area contributed by atoms with Gasteiger partial charge in [-0.2, -0.15) is 5.26 Å². The number of imidazole rings is 1. The number of aromatic nitrogens is 2. The van der Waals surface area contributed by atoms with E-state index in [0.717, 1.165) is 11.3 Å². The summed E-state index contributed by atoms with van der Waals surface area (Å²) in [5.41, 5.74) is 2.85. The number of rotatable bonds is 4. The van der Waals surface area contributed by atoms with Gasteiger partial charge in [0.15, 0.2) is 0 Å². The quantitative estimate of drug-likeness (QED) is 0.773.